The van der Waals surface area contributed by atoms with Gasteiger partial charge in [0, 0.05) is 22.6 Å². The van der Waals surface area contributed by atoms with E-state index >= 15 is 0 Å². The van der Waals surface area contributed by atoms with E-state index in [0.29, 0.717) is 12.6 Å². The van der Waals surface area contributed by atoms with E-state index in [1.807, 2.05) is 48.5 Å². The Morgan fingerprint density at radius 3 is 2.36 bits per heavy atom. The van der Waals surface area contributed by atoms with Gasteiger partial charge in [-0.3, -0.25) is 4.79 Å². The molecule has 1 aliphatic rings. The number of fused-ring (bicyclic) bond motifs is 1. The van der Waals surface area contributed by atoms with Crippen LogP contribution in [-0.4, -0.2) is 26.4 Å². The summed E-state index contributed by atoms with van der Waals surface area (Å²) in [6.45, 7) is 0.944. The van der Waals surface area contributed by atoms with Crippen molar-refractivity contribution in [3.8, 4) is 11.4 Å². The van der Waals surface area contributed by atoms with E-state index in [1.54, 1.807) is 0 Å². The van der Waals surface area contributed by atoms with Crippen molar-refractivity contribution in [1.29, 1.82) is 0 Å². The number of carbonyl (C=O) groups is 1. The highest BCUT2D eigenvalue weighted by molar-refractivity contribution is 9.10. The van der Waals surface area contributed by atoms with Gasteiger partial charge in [0.05, 0.1) is 11.0 Å². The van der Waals surface area contributed by atoms with Gasteiger partial charge in [-0.05, 0) is 42.7 Å². The Morgan fingerprint density at radius 1 is 0.909 bits per heavy atom. The zero-order valence-electron chi connectivity index (χ0n) is 18.7. The molecular weight excluding hydrogens is 474 g/mol. The summed E-state index contributed by atoms with van der Waals surface area (Å²) < 4.78 is 3.11. The molecule has 33 heavy (non-hydrogen) atoms. The van der Waals surface area contributed by atoms with Crippen LogP contribution in [0.4, 0.5) is 0 Å². The fourth-order valence-corrected chi connectivity index (χ4v) is 5.14. The van der Waals surface area contributed by atoms with Crippen LogP contribution in [0.1, 0.15) is 37.7 Å². The van der Waals surface area contributed by atoms with Crippen molar-refractivity contribution in [2.75, 3.05) is 0 Å². The first kappa shape index (κ1) is 21.9. The lowest BCUT2D eigenvalue weighted by Crippen LogP contribution is -2.42. The summed E-state index contributed by atoms with van der Waals surface area (Å²) >= 11 is 3.52. The van der Waals surface area contributed by atoms with Crippen molar-refractivity contribution in [2.45, 2.75) is 51.2 Å². The first-order chi connectivity index (χ1) is 16.2. The van der Waals surface area contributed by atoms with Crippen molar-refractivity contribution in [3.05, 3.63) is 88.9 Å². The summed E-state index contributed by atoms with van der Waals surface area (Å²) in [4.78, 5) is 20.9. The lowest BCUT2D eigenvalue weighted by atomic mass is 9.93. The predicted molar refractivity (Wildman–Crippen MR) is 137 cm³/mol. The monoisotopic (exact) mass is 501 g/mol. The Kier molecular flexibility index (Phi) is 6.58. The second-order valence-corrected chi connectivity index (χ2v) is 9.73. The number of hydrogen-bond donors (Lipinski definition) is 0. The molecule has 4 nitrogen and oxygen atoms in total. The van der Waals surface area contributed by atoms with E-state index in [2.05, 4.69) is 55.7 Å². The van der Waals surface area contributed by atoms with Crippen LogP contribution in [0.25, 0.3) is 22.4 Å². The number of aromatic nitrogens is 2. The summed E-state index contributed by atoms with van der Waals surface area (Å²) in [7, 11) is 0. The van der Waals surface area contributed by atoms with Crippen LogP contribution in [0.5, 0.6) is 0 Å². The van der Waals surface area contributed by atoms with Gasteiger partial charge in [0.25, 0.3) is 0 Å². The van der Waals surface area contributed by atoms with Crippen LogP contribution < -0.4 is 0 Å². The van der Waals surface area contributed by atoms with Gasteiger partial charge < -0.3 is 9.47 Å². The number of halogens is 1. The summed E-state index contributed by atoms with van der Waals surface area (Å²) in [5.74, 6) is 0.993. The number of para-hydroxylation sites is 2. The summed E-state index contributed by atoms with van der Waals surface area (Å²) in [5.41, 5.74) is 4.09. The number of carbonyl (C=O) groups excluding carboxylic acids is 1. The van der Waals surface area contributed by atoms with E-state index in [4.69, 9.17) is 4.98 Å². The fraction of sp³-hybridized carbons (Fsp3) is 0.286. The minimum atomic E-state index is 0.160. The van der Waals surface area contributed by atoms with Gasteiger partial charge in [-0.1, -0.05) is 89.8 Å². The maximum Gasteiger partial charge on any atom is 0.243 e. The minimum Gasteiger partial charge on any atom is -0.334 e. The highest BCUT2D eigenvalue weighted by atomic mass is 79.9. The number of rotatable bonds is 6. The third kappa shape index (κ3) is 4.88. The Hall–Kier alpha value is -2.92. The number of amides is 1. The number of hydrogen-bond acceptors (Lipinski definition) is 2. The molecule has 1 heterocycles. The molecule has 168 valence electrons. The minimum absolute atomic E-state index is 0.160. The number of benzene rings is 3. The molecule has 4 aromatic rings. The Morgan fingerprint density at radius 2 is 1.61 bits per heavy atom. The van der Waals surface area contributed by atoms with Crippen LogP contribution in [-0.2, 0) is 17.9 Å². The summed E-state index contributed by atoms with van der Waals surface area (Å²) in [6.07, 6.45) is 5.83. The molecular formula is C28H28BrN3O. The lowest BCUT2D eigenvalue weighted by Gasteiger charge is -2.35. The molecule has 1 amide bonds. The van der Waals surface area contributed by atoms with Gasteiger partial charge in [0.2, 0.25) is 5.91 Å². The molecule has 1 aromatic heterocycles. The van der Waals surface area contributed by atoms with Crippen molar-refractivity contribution in [3.63, 3.8) is 0 Å². The van der Waals surface area contributed by atoms with Crippen LogP contribution in [0.3, 0.4) is 0 Å². The smallest absolute Gasteiger partial charge is 0.243 e. The molecule has 0 aliphatic heterocycles. The summed E-state index contributed by atoms with van der Waals surface area (Å²) in [6, 6.07) is 26.9. The standard InChI is InChI=1S/C28H28BrN3O/c29-23-17-15-22(16-18-23)28-30-25-13-7-8-14-26(25)32(28)20-27(33)31(24-11-5-2-6-12-24)19-21-9-3-1-4-10-21/h1,3-4,7-10,13-18,24H,2,5-6,11-12,19-20H2. The molecule has 5 rings (SSSR count). The molecule has 1 aliphatic carbocycles. The normalized spacial score (nSPS) is 14.5. The largest absolute Gasteiger partial charge is 0.334 e. The van der Waals surface area contributed by atoms with Gasteiger partial charge in [-0.25, -0.2) is 4.98 Å². The lowest BCUT2D eigenvalue weighted by molar-refractivity contribution is -0.135. The van der Waals surface area contributed by atoms with Crippen LogP contribution in [0.15, 0.2) is 83.3 Å². The van der Waals surface area contributed by atoms with Crippen molar-refractivity contribution >= 4 is 32.9 Å². The average Bonchev–Trinajstić information content (AvgIpc) is 3.22. The van der Waals surface area contributed by atoms with Crippen molar-refractivity contribution < 1.29 is 4.79 Å². The van der Waals surface area contributed by atoms with Crippen molar-refractivity contribution in [2.24, 2.45) is 0 Å². The molecule has 1 saturated carbocycles. The number of nitrogens with zero attached hydrogens (tertiary/aromatic N) is 3. The molecule has 0 spiro atoms. The maximum atomic E-state index is 13.9. The Labute approximate surface area is 203 Å². The van der Waals surface area contributed by atoms with E-state index in [9.17, 15) is 4.79 Å². The molecule has 0 N–H and O–H groups in total. The zero-order valence-corrected chi connectivity index (χ0v) is 20.2. The van der Waals surface area contributed by atoms with Crippen LogP contribution in [0.2, 0.25) is 0 Å². The SMILES string of the molecule is O=C(Cn1c(-c2ccc(Br)cc2)nc2ccccc21)N(Cc1ccccc1)C1CCCCC1. The van der Waals surface area contributed by atoms with Gasteiger partial charge in [-0.15, -0.1) is 0 Å². The van der Waals surface area contributed by atoms with Gasteiger partial charge in [0.15, 0.2) is 0 Å². The highest BCUT2D eigenvalue weighted by Gasteiger charge is 2.27. The molecule has 0 saturated heterocycles. The highest BCUT2D eigenvalue weighted by Crippen LogP contribution is 2.28. The molecule has 0 radical (unpaired) electrons. The molecule has 5 heteroatoms. The first-order valence-corrected chi connectivity index (χ1v) is 12.5. The second-order valence-electron chi connectivity index (χ2n) is 8.82. The Balaban J connectivity index is 1.50. The van der Waals surface area contributed by atoms with Crippen molar-refractivity contribution in [1.82, 2.24) is 14.5 Å². The second kappa shape index (κ2) is 9.92. The van der Waals surface area contributed by atoms with Gasteiger partial charge in [0.1, 0.15) is 12.4 Å². The van der Waals surface area contributed by atoms with E-state index in [-0.39, 0.29) is 12.5 Å². The zero-order chi connectivity index (χ0) is 22.6. The summed E-state index contributed by atoms with van der Waals surface area (Å²) in [5, 5.41) is 0. The fourth-order valence-electron chi connectivity index (χ4n) is 4.87. The Bertz CT molecular complexity index is 1230. The van der Waals surface area contributed by atoms with Crippen LogP contribution in [0, 0.1) is 0 Å². The topological polar surface area (TPSA) is 38.1 Å². The van der Waals surface area contributed by atoms with Gasteiger partial charge >= 0.3 is 0 Å². The maximum absolute atomic E-state index is 13.9. The molecule has 1 fully saturated rings. The van der Waals surface area contributed by atoms with E-state index in [1.165, 1.54) is 24.8 Å². The number of imidazole rings is 1. The first-order valence-electron chi connectivity index (χ1n) is 11.7. The van der Waals surface area contributed by atoms with Crippen LogP contribution >= 0.6 is 15.9 Å². The average molecular weight is 502 g/mol. The molecule has 3 aromatic carbocycles. The molecule has 0 atom stereocenters. The van der Waals surface area contributed by atoms with Gasteiger partial charge in [-0.2, -0.15) is 0 Å². The third-order valence-corrected chi connectivity index (χ3v) is 7.11. The third-order valence-electron chi connectivity index (χ3n) is 6.58. The molecule has 0 bridgehead atoms. The van der Waals surface area contributed by atoms with E-state index < -0.39 is 0 Å². The predicted octanol–water partition coefficient (Wildman–Crippen LogP) is 6.83. The quantitative estimate of drug-likeness (QED) is 0.290. The molecule has 0 unspecified atom stereocenters. The van der Waals surface area contributed by atoms with E-state index in [0.717, 1.165) is 39.7 Å².